The number of hydrogen-bond acceptors (Lipinski definition) is 5. The molecule has 1 heterocycles. The zero-order valence-corrected chi connectivity index (χ0v) is 17.9. The summed E-state index contributed by atoms with van der Waals surface area (Å²) < 4.78 is 16.5. The molecule has 2 aromatic carbocycles. The number of para-hydroxylation sites is 2. The van der Waals surface area contributed by atoms with E-state index in [1.54, 1.807) is 7.11 Å². The number of quaternary nitrogens is 1. The number of carbonyl (C=O) groups excluding carboxylic acids is 1. The number of piperazine rings is 1. The maximum atomic E-state index is 12.3. The lowest BCUT2D eigenvalue weighted by Gasteiger charge is -2.34. The van der Waals surface area contributed by atoms with E-state index in [0.29, 0.717) is 26.3 Å². The third kappa shape index (κ3) is 6.29. The molecule has 0 aromatic heterocycles. The van der Waals surface area contributed by atoms with Gasteiger partial charge in [-0.1, -0.05) is 12.1 Å². The van der Waals surface area contributed by atoms with E-state index in [1.807, 2.05) is 49.4 Å². The summed E-state index contributed by atoms with van der Waals surface area (Å²) in [6.45, 7) is 7.68. The minimum atomic E-state index is 0.0611. The van der Waals surface area contributed by atoms with E-state index < -0.39 is 0 Å². The lowest BCUT2D eigenvalue weighted by Crippen LogP contribution is -3.16. The molecule has 0 aliphatic carbocycles. The molecule has 1 amide bonds. The highest BCUT2D eigenvalue weighted by atomic mass is 16.5. The van der Waals surface area contributed by atoms with Crippen molar-refractivity contribution in [2.75, 3.05) is 64.5 Å². The van der Waals surface area contributed by atoms with E-state index in [2.05, 4.69) is 16.3 Å². The maximum Gasteiger partial charge on any atom is 0.275 e. The molecule has 30 heavy (non-hydrogen) atoms. The fourth-order valence-electron chi connectivity index (χ4n) is 3.58. The molecule has 3 rings (SSSR count). The third-order valence-corrected chi connectivity index (χ3v) is 5.13. The molecule has 2 aromatic rings. The summed E-state index contributed by atoms with van der Waals surface area (Å²) in [4.78, 5) is 15.9. The number of methoxy groups -OCH3 is 1. The fraction of sp³-hybridized carbons (Fsp3) is 0.435. The van der Waals surface area contributed by atoms with Crippen molar-refractivity contribution < 1.29 is 23.9 Å². The Morgan fingerprint density at radius 3 is 2.37 bits per heavy atom. The minimum absolute atomic E-state index is 0.0611. The number of anilines is 1. The van der Waals surface area contributed by atoms with Crippen LogP contribution in [0.3, 0.4) is 0 Å². The first-order valence-corrected chi connectivity index (χ1v) is 10.5. The van der Waals surface area contributed by atoms with Crippen molar-refractivity contribution in [3.05, 3.63) is 48.5 Å². The van der Waals surface area contributed by atoms with Crippen LogP contribution >= 0.6 is 0 Å². The van der Waals surface area contributed by atoms with E-state index in [9.17, 15) is 4.79 Å². The molecule has 7 heteroatoms. The molecule has 0 atom stereocenters. The second-order valence-corrected chi connectivity index (χ2v) is 7.19. The number of rotatable bonds is 10. The van der Waals surface area contributed by atoms with Gasteiger partial charge in [-0.25, -0.2) is 0 Å². The van der Waals surface area contributed by atoms with Crippen molar-refractivity contribution in [3.63, 3.8) is 0 Å². The van der Waals surface area contributed by atoms with Crippen molar-refractivity contribution in [2.45, 2.75) is 6.92 Å². The van der Waals surface area contributed by atoms with Crippen molar-refractivity contribution in [1.82, 2.24) is 5.32 Å². The van der Waals surface area contributed by atoms with Crippen LogP contribution in [0.25, 0.3) is 0 Å². The summed E-state index contributed by atoms with van der Waals surface area (Å²) in [6, 6.07) is 15.6. The molecule has 7 nitrogen and oxygen atoms in total. The predicted octanol–water partition coefficient (Wildman–Crippen LogP) is 0.994. The van der Waals surface area contributed by atoms with Gasteiger partial charge in [-0.15, -0.1) is 0 Å². The van der Waals surface area contributed by atoms with Crippen molar-refractivity contribution >= 4 is 11.6 Å². The largest absolute Gasteiger partial charge is 0.495 e. The van der Waals surface area contributed by atoms with Gasteiger partial charge in [0.05, 0.1) is 52.1 Å². The average Bonchev–Trinajstić information content (AvgIpc) is 2.78. The first kappa shape index (κ1) is 21.8. The fourth-order valence-corrected chi connectivity index (χ4v) is 3.58. The number of nitrogens with one attached hydrogen (secondary N) is 2. The topological polar surface area (TPSA) is 64.5 Å². The van der Waals surface area contributed by atoms with E-state index in [0.717, 1.165) is 49.1 Å². The number of ether oxygens (including phenoxy) is 3. The molecule has 0 bridgehead atoms. The standard InChI is InChI=1S/C23H31N3O4/c1-3-29-19-8-10-20(11-9-19)30-17-12-24-23(27)18-25-13-15-26(16-14-25)21-6-4-5-7-22(21)28-2/h4-11H,3,12-18H2,1-2H3,(H,24,27)/p+1. The van der Waals surface area contributed by atoms with E-state index in [-0.39, 0.29) is 5.91 Å². The highest BCUT2D eigenvalue weighted by molar-refractivity contribution is 5.76. The first-order valence-electron chi connectivity index (χ1n) is 10.5. The zero-order valence-electron chi connectivity index (χ0n) is 17.9. The number of nitrogens with zero attached hydrogens (tertiary/aromatic N) is 1. The molecular weight excluding hydrogens is 382 g/mol. The Morgan fingerprint density at radius 2 is 1.70 bits per heavy atom. The number of hydrogen-bond donors (Lipinski definition) is 2. The van der Waals surface area contributed by atoms with Gasteiger partial charge in [-0.3, -0.25) is 4.79 Å². The van der Waals surface area contributed by atoms with Crippen LogP contribution in [-0.4, -0.2) is 65.5 Å². The molecular formula is C23H32N3O4+. The normalized spacial score (nSPS) is 14.3. The summed E-state index contributed by atoms with van der Waals surface area (Å²) in [6.07, 6.45) is 0. The van der Waals surface area contributed by atoms with Gasteiger partial charge in [-0.2, -0.15) is 0 Å². The smallest absolute Gasteiger partial charge is 0.275 e. The Bertz CT molecular complexity index is 789. The highest BCUT2D eigenvalue weighted by Crippen LogP contribution is 2.27. The van der Waals surface area contributed by atoms with Gasteiger partial charge in [0, 0.05) is 0 Å². The Hall–Kier alpha value is -2.93. The maximum absolute atomic E-state index is 12.3. The zero-order chi connectivity index (χ0) is 21.2. The highest BCUT2D eigenvalue weighted by Gasteiger charge is 2.23. The second kappa shape index (κ2) is 11.3. The lowest BCUT2D eigenvalue weighted by atomic mass is 10.2. The summed E-state index contributed by atoms with van der Waals surface area (Å²) in [5, 5.41) is 2.95. The van der Waals surface area contributed by atoms with Crippen molar-refractivity contribution in [3.8, 4) is 17.2 Å². The van der Waals surface area contributed by atoms with Gasteiger partial charge in [0.15, 0.2) is 6.54 Å². The Kier molecular flexibility index (Phi) is 8.20. The molecule has 0 spiro atoms. The molecule has 0 radical (unpaired) electrons. The average molecular weight is 415 g/mol. The lowest BCUT2D eigenvalue weighted by molar-refractivity contribution is -0.892. The van der Waals surface area contributed by atoms with Crippen LogP contribution in [0.15, 0.2) is 48.5 Å². The number of benzene rings is 2. The van der Waals surface area contributed by atoms with E-state index >= 15 is 0 Å². The monoisotopic (exact) mass is 414 g/mol. The molecule has 1 aliphatic rings. The first-order chi connectivity index (χ1) is 14.7. The third-order valence-electron chi connectivity index (χ3n) is 5.13. The Labute approximate surface area is 178 Å². The SMILES string of the molecule is CCOc1ccc(OCCNC(=O)C[NH+]2CCN(c3ccccc3OC)CC2)cc1. The molecule has 2 N–H and O–H groups in total. The Morgan fingerprint density at radius 1 is 1.03 bits per heavy atom. The summed E-state index contributed by atoms with van der Waals surface area (Å²) >= 11 is 0. The van der Waals surface area contributed by atoms with Gasteiger partial charge in [0.2, 0.25) is 0 Å². The van der Waals surface area contributed by atoms with Gasteiger partial charge in [0.1, 0.15) is 23.9 Å². The van der Waals surface area contributed by atoms with Crippen LogP contribution in [0.2, 0.25) is 0 Å². The Balaban J connectivity index is 1.33. The van der Waals surface area contributed by atoms with Crippen molar-refractivity contribution in [2.24, 2.45) is 0 Å². The quantitative estimate of drug-likeness (QED) is 0.568. The molecule has 1 saturated heterocycles. The van der Waals surface area contributed by atoms with Crippen LogP contribution in [0, 0.1) is 0 Å². The van der Waals surface area contributed by atoms with Crippen LogP contribution < -0.4 is 29.3 Å². The molecule has 0 saturated carbocycles. The van der Waals surface area contributed by atoms with Gasteiger partial charge in [-0.05, 0) is 43.3 Å². The van der Waals surface area contributed by atoms with E-state index in [1.165, 1.54) is 4.90 Å². The van der Waals surface area contributed by atoms with Crippen LogP contribution in [-0.2, 0) is 4.79 Å². The minimum Gasteiger partial charge on any atom is -0.495 e. The number of amides is 1. The number of carbonyl (C=O) groups is 1. The molecule has 1 aliphatic heterocycles. The summed E-state index contributed by atoms with van der Waals surface area (Å²) in [7, 11) is 1.70. The summed E-state index contributed by atoms with van der Waals surface area (Å²) in [5.74, 6) is 2.55. The molecule has 162 valence electrons. The molecule has 1 fully saturated rings. The van der Waals surface area contributed by atoms with Gasteiger partial charge < -0.3 is 29.3 Å². The van der Waals surface area contributed by atoms with Gasteiger partial charge >= 0.3 is 0 Å². The summed E-state index contributed by atoms with van der Waals surface area (Å²) in [5.41, 5.74) is 1.12. The van der Waals surface area contributed by atoms with Gasteiger partial charge in [0.25, 0.3) is 5.91 Å². The van der Waals surface area contributed by atoms with Crippen LogP contribution in [0.5, 0.6) is 17.2 Å². The second-order valence-electron chi connectivity index (χ2n) is 7.19. The van der Waals surface area contributed by atoms with E-state index in [4.69, 9.17) is 14.2 Å². The van der Waals surface area contributed by atoms with Crippen LogP contribution in [0.1, 0.15) is 6.92 Å². The molecule has 0 unspecified atom stereocenters. The van der Waals surface area contributed by atoms with Crippen molar-refractivity contribution in [1.29, 1.82) is 0 Å². The van der Waals surface area contributed by atoms with Crippen LogP contribution in [0.4, 0.5) is 5.69 Å². The predicted molar refractivity (Wildman–Crippen MR) is 117 cm³/mol.